The highest BCUT2D eigenvalue weighted by atomic mass is 32.2. The van der Waals surface area contributed by atoms with Gasteiger partial charge in [0.15, 0.2) is 5.76 Å². The molecule has 0 aliphatic heterocycles. The number of aryl methyl sites for hydroxylation is 2. The summed E-state index contributed by atoms with van der Waals surface area (Å²) < 4.78 is 5.60. The van der Waals surface area contributed by atoms with E-state index in [4.69, 9.17) is 4.42 Å². The zero-order chi connectivity index (χ0) is 14.8. The van der Waals surface area contributed by atoms with Crippen LogP contribution in [-0.4, -0.2) is 11.5 Å². The van der Waals surface area contributed by atoms with E-state index < -0.39 is 0 Å². The van der Waals surface area contributed by atoms with E-state index in [2.05, 4.69) is 32.0 Å². The summed E-state index contributed by atoms with van der Waals surface area (Å²) in [5.74, 6) is 0.855. The third-order valence-electron chi connectivity index (χ3n) is 3.39. The fraction of sp³-hybridized carbons (Fsp3) is 0.167. The van der Waals surface area contributed by atoms with Crippen LogP contribution in [0.2, 0.25) is 0 Å². The van der Waals surface area contributed by atoms with E-state index in [1.165, 1.54) is 11.1 Å². The molecule has 0 spiro atoms. The highest BCUT2D eigenvalue weighted by Crippen LogP contribution is 2.25. The topological polar surface area (TPSA) is 30.2 Å². The van der Waals surface area contributed by atoms with Crippen molar-refractivity contribution >= 4 is 28.5 Å². The first kappa shape index (κ1) is 14.0. The summed E-state index contributed by atoms with van der Waals surface area (Å²) in [6.45, 7) is 4.14. The van der Waals surface area contributed by atoms with Gasteiger partial charge in [-0.2, -0.15) is 0 Å². The standard InChI is InChI=1S/C18H16O2S/c1-12-7-8-18(13(2)9-12)21-11-15(19)17-10-14-5-3-4-6-16(14)20-17/h3-10H,11H2,1-2H3. The maximum atomic E-state index is 12.3. The summed E-state index contributed by atoms with van der Waals surface area (Å²) in [4.78, 5) is 13.4. The number of rotatable bonds is 4. The third kappa shape index (κ3) is 3.03. The Balaban J connectivity index is 1.74. The van der Waals surface area contributed by atoms with E-state index in [-0.39, 0.29) is 5.78 Å². The lowest BCUT2D eigenvalue weighted by atomic mass is 10.2. The predicted molar refractivity (Wildman–Crippen MR) is 87.2 cm³/mol. The Morgan fingerprint density at radius 2 is 1.90 bits per heavy atom. The number of fused-ring (bicyclic) bond motifs is 1. The van der Waals surface area contributed by atoms with Gasteiger partial charge < -0.3 is 4.42 Å². The minimum Gasteiger partial charge on any atom is -0.453 e. The van der Waals surface area contributed by atoms with Crippen LogP contribution in [-0.2, 0) is 0 Å². The SMILES string of the molecule is Cc1ccc(SCC(=O)c2cc3ccccc3o2)c(C)c1. The number of furan rings is 1. The zero-order valence-electron chi connectivity index (χ0n) is 12.1. The second-order valence-corrected chi connectivity index (χ2v) is 6.15. The highest BCUT2D eigenvalue weighted by molar-refractivity contribution is 8.00. The Labute approximate surface area is 128 Å². The Morgan fingerprint density at radius 1 is 1.10 bits per heavy atom. The molecule has 2 aromatic carbocycles. The first-order valence-electron chi connectivity index (χ1n) is 6.85. The first-order valence-corrected chi connectivity index (χ1v) is 7.84. The first-order chi connectivity index (χ1) is 10.1. The van der Waals surface area contributed by atoms with Crippen molar-refractivity contribution < 1.29 is 9.21 Å². The molecule has 0 unspecified atom stereocenters. The number of para-hydroxylation sites is 1. The van der Waals surface area contributed by atoms with Crippen molar-refractivity contribution in [2.45, 2.75) is 18.7 Å². The lowest BCUT2D eigenvalue weighted by Crippen LogP contribution is -2.00. The smallest absolute Gasteiger partial charge is 0.208 e. The highest BCUT2D eigenvalue weighted by Gasteiger charge is 2.13. The summed E-state index contributed by atoms with van der Waals surface area (Å²) in [6.07, 6.45) is 0. The maximum absolute atomic E-state index is 12.3. The number of thioether (sulfide) groups is 1. The molecule has 0 aliphatic carbocycles. The van der Waals surface area contributed by atoms with Crippen molar-refractivity contribution in [1.82, 2.24) is 0 Å². The third-order valence-corrected chi connectivity index (χ3v) is 4.57. The molecule has 21 heavy (non-hydrogen) atoms. The summed E-state index contributed by atoms with van der Waals surface area (Å²) in [7, 11) is 0. The van der Waals surface area contributed by atoms with Gasteiger partial charge in [0.2, 0.25) is 5.78 Å². The lowest BCUT2D eigenvalue weighted by molar-refractivity contribution is 0.0994. The number of carbonyl (C=O) groups excluding carboxylic acids is 1. The maximum Gasteiger partial charge on any atom is 0.208 e. The summed E-state index contributed by atoms with van der Waals surface area (Å²) in [5, 5.41) is 0.970. The van der Waals surface area contributed by atoms with Gasteiger partial charge in [-0.3, -0.25) is 4.79 Å². The van der Waals surface area contributed by atoms with Crippen LogP contribution in [0.3, 0.4) is 0 Å². The zero-order valence-corrected chi connectivity index (χ0v) is 12.9. The van der Waals surface area contributed by atoms with Gasteiger partial charge in [-0.05, 0) is 37.6 Å². The molecule has 0 amide bonds. The van der Waals surface area contributed by atoms with Crippen LogP contribution in [0.25, 0.3) is 11.0 Å². The van der Waals surface area contributed by atoms with Gasteiger partial charge in [-0.25, -0.2) is 0 Å². The molecular weight excluding hydrogens is 280 g/mol. The molecule has 1 aromatic heterocycles. The van der Waals surface area contributed by atoms with Gasteiger partial charge in [0.05, 0.1) is 5.75 Å². The summed E-state index contributed by atoms with van der Waals surface area (Å²) in [6, 6.07) is 15.8. The van der Waals surface area contributed by atoms with Crippen LogP contribution in [0.4, 0.5) is 0 Å². The van der Waals surface area contributed by atoms with Gasteiger partial charge in [0, 0.05) is 10.3 Å². The largest absolute Gasteiger partial charge is 0.453 e. The Kier molecular flexibility index (Phi) is 3.84. The quantitative estimate of drug-likeness (QED) is 0.500. The second kappa shape index (κ2) is 5.78. The number of Topliss-reactive ketones (excluding diaryl/α,β-unsaturated/α-hetero) is 1. The monoisotopic (exact) mass is 296 g/mol. The van der Waals surface area contributed by atoms with Crippen LogP contribution < -0.4 is 0 Å². The minimum absolute atomic E-state index is 0.0242. The average Bonchev–Trinajstić information content (AvgIpc) is 2.90. The molecule has 0 aliphatic rings. The van der Waals surface area contributed by atoms with E-state index in [9.17, 15) is 4.79 Å². The molecule has 3 heteroatoms. The van der Waals surface area contributed by atoms with Crippen LogP contribution >= 0.6 is 11.8 Å². The summed E-state index contributed by atoms with van der Waals surface area (Å²) in [5.41, 5.74) is 3.20. The number of benzene rings is 2. The van der Waals surface area contributed by atoms with E-state index in [0.29, 0.717) is 11.5 Å². The molecule has 0 atom stereocenters. The summed E-state index contributed by atoms with van der Waals surface area (Å²) >= 11 is 1.56. The van der Waals surface area contributed by atoms with Crippen molar-refractivity contribution in [3.05, 3.63) is 65.4 Å². The van der Waals surface area contributed by atoms with Crippen molar-refractivity contribution in [3.8, 4) is 0 Å². The van der Waals surface area contributed by atoms with Crippen molar-refractivity contribution in [3.63, 3.8) is 0 Å². The molecule has 0 fully saturated rings. The second-order valence-electron chi connectivity index (χ2n) is 5.13. The van der Waals surface area contributed by atoms with Crippen molar-refractivity contribution in [1.29, 1.82) is 0 Å². The van der Waals surface area contributed by atoms with E-state index >= 15 is 0 Å². The van der Waals surface area contributed by atoms with Crippen molar-refractivity contribution in [2.24, 2.45) is 0 Å². The molecule has 2 nitrogen and oxygen atoms in total. The molecular formula is C18H16O2S. The van der Waals surface area contributed by atoms with E-state index in [0.717, 1.165) is 15.9 Å². The van der Waals surface area contributed by atoms with Gasteiger partial charge in [-0.15, -0.1) is 11.8 Å². The van der Waals surface area contributed by atoms with E-state index in [1.54, 1.807) is 11.8 Å². The molecule has 0 bridgehead atoms. The molecule has 1 heterocycles. The molecule has 3 rings (SSSR count). The Bertz CT molecular complexity index is 769. The van der Waals surface area contributed by atoms with Crippen LogP contribution in [0.5, 0.6) is 0 Å². The fourth-order valence-electron chi connectivity index (χ4n) is 2.29. The van der Waals surface area contributed by atoms with Gasteiger partial charge in [-0.1, -0.05) is 35.9 Å². The Morgan fingerprint density at radius 3 is 2.67 bits per heavy atom. The van der Waals surface area contributed by atoms with Gasteiger partial charge in [0.1, 0.15) is 5.58 Å². The average molecular weight is 296 g/mol. The molecule has 0 radical (unpaired) electrons. The number of hydrogen-bond donors (Lipinski definition) is 0. The molecule has 0 saturated carbocycles. The van der Waals surface area contributed by atoms with Gasteiger partial charge in [0.25, 0.3) is 0 Å². The number of carbonyl (C=O) groups is 1. The molecule has 0 saturated heterocycles. The fourth-order valence-corrected chi connectivity index (χ4v) is 3.17. The van der Waals surface area contributed by atoms with E-state index in [1.807, 2.05) is 30.3 Å². The van der Waals surface area contributed by atoms with Crippen LogP contribution in [0, 0.1) is 13.8 Å². The molecule has 0 N–H and O–H groups in total. The number of ketones is 1. The predicted octanol–water partition coefficient (Wildman–Crippen LogP) is 5.02. The normalized spacial score (nSPS) is 11.0. The lowest BCUT2D eigenvalue weighted by Gasteiger charge is -2.05. The Hall–Kier alpha value is -2.00. The van der Waals surface area contributed by atoms with Crippen LogP contribution in [0.15, 0.2) is 57.8 Å². The van der Waals surface area contributed by atoms with Crippen LogP contribution in [0.1, 0.15) is 21.7 Å². The van der Waals surface area contributed by atoms with Crippen molar-refractivity contribution in [2.75, 3.05) is 5.75 Å². The molecule has 3 aromatic rings. The van der Waals surface area contributed by atoms with Gasteiger partial charge >= 0.3 is 0 Å². The number of hydrogen-bond acceptors (Lipinski definition) is 3. The minimum atomic E-state index is 0.0242. The molecule has 106 valence electrons.